The molecule has 1 aromatic rings. The van der Waals surface area contributed by atoms with Crippen LogP contribution in [0.2, 0.25) is 0 Å². The molecule has 1 atom stereocenters. The van der Waals surface area contributed by atoms with Crippen LogP contribution in [0.4, 0.5) is 4.39 Å². The summed E-state index contributed by atoms with van der Waals surface area (Å²) in [5.41, 5.74) is 11.6. The molecule has 0 amide bonds. The van der Waals surface area contributed by atoms with E-state index < -0.39 is 6.17 Å². The van der Waals surface area contributed by atoms with Crippen molar-refractivity contribution in [2.75, 3.05) is 0 Å². The van der Waals surface area contributed by atoms with Gasteiger partial charge in [0, 0.05) is 17.7 Å². The second kappa shape index (κ2) is 7.23. The lowest BCUT2D eigenvalue weighted by molar-refractivity contribution is 0.401. The molecule has 23 heavy (non-hydrogen) atoms. The van der Waals surface area contributed by atoms with E-state index in [1.54, 1.807) is 18.2 Å². The van der Waals surface area contributed by atoms with E-state index in [1.165, 1.54) is 6.08 Å². The van der Waals surface area contributed by atoms with Crippen LogP contribution in [-0.4, -0.2) is 11.9 Å². The molecule has 0 saturated carbocycles. The molecule has 3 heteroatoms. The number of halogens is 1. The molecule has 0 aromatic heterocycles. The Bertz CT molecular complexity index is 723. The number of hydrogen-bond acceptors (Lipinski definition) is 2. The quantitative estimate of drug-likeness (QED) is 0.750. The van der Waals surface area contributed by atoms with E-state index in [0.717, 1.165) is 34.3 Å². The molecule has 0 spiro atoms. The molecule has 0 bridgehead atoms. The van der Waals surface area contributed by atoms with Gasteiger partial charge in [-0.25, -0.2) is 4.39 Å². The summed E-state index contributed by atoms with van der Waals surface area (Å²) in [7, 11) is 0. The first-order chi connectivity index (χ1) is 10.9. The first-order valence-corrected chi connectivity index (χ1v) is 7.80. The molecule has 1 unspecified atom stereocenters. The molecule has 1 aromatic carbocycles. The largest absolute Gasteiger partial charge is 0.398 e. The third-order valence-corrected chi connectivity index (χ3v) is 4.03. The minimum atomic E-state index is -0.943. The first-order valence-electron chi connectivity index (χ1n) is 7.80. The fourth-order valence-corrected chi connectivity index (χ4v) is 2.63. The summed E-state index contributed by atoms with van der Waals surface area (Å²) in [6.07, 6.45) is 6.80. The van der Waals surface area contributed by atoms with E-state index >= 15 is 0 Å². The van der Waals surface area contributed by atoms with Gasteiger partial charge in [-0.1, -0.05) is 43.9 Å². The normalized spacial score (nSPS) is 17.8. The highest BCUT2D eigenvalue weighted by atomic mass is 19.1. The third-order valence-electron chi connectivity index (χ3n) is 4.03. The molecule has 2 rings (SSSR count). The SMILES string of the molecule is C=C(CC)c1cccc(C)c1C(=N)/C=C(\N)C1=CCC(F)C=C1. The monoisotopic (exact) mass is 310 g/mol. The van der Waals surface area contributed by atoms with E-state index in [0.29, 0.717) is 17.8 Å². The standard InChI is InChI=1S/C20H23FN2/c1-4-13(2)17-7-5-6-14(3)20(17)19(23)12-18(22)15-8-10-16(21)11-9-15/h5-10,12,16,23H,2,4,11,22H2,1,3H3/b18-12-,23-19?. The van der Waals surface area contributed by atoms with Gasteiger partial charge in [0.05, 0.1) is 5.71 Å². The van der Waals surface area contributed by atoms with Crippen molar-refractivity contribution in [3.63, 3.8) is 0 Å². The van der Waals surface area contributed by atoms with Crippen LogP contribution in [0.1, 0.15) is 36.5 Å². The average molecular weight is 310 g/mol. The second-order valence-electron chi connectivity index (χ2n) is 5.74. The van der Waals surface area contributed by atoms with Crippen molar-refractivity contribution in [3.05, 3.63) is 77.0 Å². The van der Waals surface area contributed by atoms with Gasteiger partial charge in [0.25, 0.3) is 0 Å². The number of hydrogen-bond donors (Lipinski definition) is 2. The lowest BCUT2D eigenvalue weighted by atomic mass is 9.91. The summed E-state index contributed by atoms with van der Waals surface area (Å²) in [5.74, 6) is 0. The maximum Gasteiger partial charge on any atom is 0.122 e. The molecule has 0 heterocycles. The number of allylic oxidation sites excluding steroid dienone is 5. The van der Waals surface area contributed by atoms with Crippen molar-refractivity contribution in [2.45, 2.75) is 32.9 Å². The molecule has 0 radical (unpaired) electrons. The van der Waals surface area contributed by atoms with Crippen LogP contribution >= 0.6 is 0 Å². The molecule has 1 aliphatic rings. The Hall–Kier alpha value is -2.42. The summed E-state index contributed by atoms with van der Waals surface area (Å²) >= 11 is 0. The van der Waals surface area contributed by atoms with Gasteiger partial charge in [-0.2, -0.15) is 0 Å². The van der Waals surface area contributed by atoms with Gasteiger partial charge >= 0.3 is 0 Å². The van der Waals surface area contributed by atoms with Crippen molar-refractivity contribution in [1.82, 2.24) is 0 Å². The first kappa shape index (κ1) is 16.9. The average Bonchev–Trinajstić information content (AvgIpc) is 2.54. The summed E-state index contributed by atoms with van der Waals surface area (Å²) in [6, 6.07) is 5.94. The van der Waals surface area contributed by atoms with Crippen LogP contribution in [0.15, 0.2) is 60.4 Å². The van der Waals surface area contributed by atoms with Gasteiger partial charge in [-0.05, 0) is 47.8 Å². The zero-order chi connectivity index (χ0) is 17.0. The van der Waals surface area contributed by atoms with Crippen molar-refractivity contribution in [2.24, 2.45) is 5.73 Å². The molecule has 2 nitrogen and oxygen atoms in total. The Labute approximate surface area is 137 Å². The molecular weight excluding hydrogens is 287 g/mol. The molecule has 0 saturated heterocycles. The second-order valence-corrected chi connectivity index (χ2v) is 5.74. The molecular formula is C20H23FN2. The van der Waals surface area contributed by atoms with Crippen LogP contribution in [0.5, 0.6) is 0 Å². The summed E-state index contributed by atoms with van der Waals surface area (Å²) in [5, 5.41) is 8.45. The highest BCUT2D eigenvalue weighted by molar-refractivity contribution is 6.11. The minimum Gasteiger partial charge on any atom is -0.398 e. The zero-order valence-electron chi connectivity index (χ0n) is 13.7. The van der Waals surface area contributed by atoms with Gasteiger partial charge in [0.15, 0.2) is 0 Å². The smallest absolute Gasteiger partial charge is 0.122 e. The number of nitrogens with two attached hydrogens (primary N) is 1. The van der Waals surface area contributed by atoms with E-state index in [4.69, 9.17) is 11.1 Å². The maximum absolute atomic E-state index is 13.1. The maximum atomic E-state index is 13.1. The minimum absolute atomic E-state index is 0.329. The van der Waals surface area contributed by atoms with Crippen molar-refractivity contribution >= 4 is 11.3 Å². The van der Waals surface area contributed by atoms with Gasteiger partial charge < -0.3 is 11.1 Å². The number of alkyl halides is 1. The predicted octanol–water partition coefficient (Wildman–Crippen LogP) is 4.85. The Morgan fingerprint density at radius 2 is 2.22 bits per heavy atom. The van der Waals surface area contributed by atoms with Gasteiger partial charge in [0.2, 0.25) is 0 Å². The topological polar surface area (TPSA) is 49.9 Å². The number of benzene rings is 1. The van der Waals surface area contributed by atoms with Crippen LogP contribution in [0.25, 0.3) is 5.57 Å². The molecule has 120 valence electrons. The lowest BCUT2D eigenvalue weighted by Gasteiger charge is -2.15. The van der Waals surface area contributed by atoms with E-state index in [-0.39, 0.29) is 0 Å². The molecule has 3 N–H and O–H groups in total. The lowest BCUT2D eigenvalue weighted by Crippen LogP contribution is -2.10. The molecule has 1 aliphatic carbocycles. The Kier molecular flexibility index (Phi) is 5.32. The third kappa shape index (κ3) is 3.86. The van der Waals surface area contributed by atoms with Crippen molar-refractivity contribution < 1.29 is 4.39 Å². The van der Waals surface area contributed by atoms with Crippen LogP contribution in [-0.2, 0) is 0 Å². The van der Waals surface area contributed by atoms with Crippen LogP contribution in [0, 0.1) is 12.3 Å². The predicted molar refractivity (Wildman–Crippen MR) is 96.3 cm³/mol. The van der Waals surface area contributed by atoms with E-state index in [1.807, 2.05) is 32.0 Å². The molecule has 0 aliphatic heterocycles. The summed E-state index contributed by atoms with van der Waals surface area (Å²) in [6.45, 7) is 8.12. The van der Waals surface area contributed by atoms with Crippen molar-refractivity contribution in [1.29, 1.82) is 5.41 Å². The van der Waals surface area contributed by atoms with E-state index in [2.05, 4.69) is 6.58 Å². The van der Waals surface area contributed by atoms with Gasteiger partial charge in [-0.3, -0.25) is 0 Å². The Morgan fingerprint density at radius 1 is 1.48 bits per heavy atom. The zero-order valence-corrected chi connectivity index (χ0v) is 13.7. The Balaban J connectivity index is 2.36. The summed E-state index contributed by atoms with van der Waals surface area (Å²) < 4.78 is 13.1. The number of rotatable bonds is 5. The fourth-order valence-electron chi connectivity index (χ4n) is 2.63. The highest BCUT2D eigenvalue weighted by Gasteiger charge is 2.13. The van der Waals surface area contributed by atoms with E-state index in [9.17, 15) is 4.39 Å². The van der Waals surface area contributed by atoms with Gasteiger partial charge in [0.1, 0.15) is 6.17 Å². The Morgan fingerprint density at radius 3 is 2.83 bits per heavy atom. The highest BCUT2D eigenvalue weighted by Crippen LogP contribution is 2.25. The molecule has 0 fully saturated rings. The van der Waals surface area contributed by atoms with Crippen LogP contribution < -0.4 is 5.73 Å². The number of nitrogens with one attached hydrogen (secondary N) is 1. The van der Waals surface area contributed by atoms with Gasteiger partial charge in [-0.15, -0.1) is 0 Å². The van der Waals surface area contributed by atoms with Crippen LogP contribution in [0.3, 0.4) is 0 Å². The summed E-state index contributed by atoms with van der Waals surface area (Å²) in [4.78, 5) is 0. The fraction of sp³-hybridized carbons (Fsp3) is 0.250. The number of aryl methyl sites for hydroxylation is 1. The van der Waals surface area contributed by atoms with Crippen molar-refractivity contribution in [3.8, 4) is 0 Å².